The highest BCUT2D eigenvalue weighted by atomic mass is 79.9. The molecule has 4 heteroatoms. The Morgan fingerprint density at radius 1 is 1.10 bits per heavy atom. The molecule has 0 atom stereocenters. The van der Waals surface area contributed by atoms with E-state index in [0.29, 0.717) is 10.3 Å². The van der Waals surface area contributed by atoms with Crippen molar-refractivity contribution in [3.8, 4) is 11.4 Å². The molecule has 2 rings (SSSR count). The van der Waals surface area contributed by atoms with Crippen LogP contribution in [0.15, 0.2) is 27.5 Å². The first kappa shape index (κ1) is 15.0. The van der Waals surface area contributed by atoms with Crippen LogP contribution in [0.2, 0.25) is 0 Å². The van der Waals surface area contributed by atoms with E-state index in [2.05, 4.69) is 32.0 Å². The standard InChI is InChI=1S/C16H19BrN2O/c1-9-6-10(2)8-11(7-9)14-18-13(16(3,4)5)12(17)15(20)19-14/h6-8H,1-5H3,(H,18,19,20). The van der Waals surface area contributed by atoms with Gasteiger partial charge in [-0.1, -0.05) is 38.0 Å². The minimum absolute atomic E-state index is 0.140. The molecular weight excluding hydrogens is 316 g/mol. The number of hydrogen-bond donors (Lipinski definition) is 1. The van der Waals surface area contributed by atoms with E-state index in [-0.39, 0.29) is 11.0 Å². The Hall–Kier alpha value is -1.42. The normalized spacial score (nSPS) is 11.7. The van der Waals surface area contributed by atoms with Gasteiger partial charge in [-0.2, -0.15) is 0 Å². The lowest BCUT2D eigenvalue weighted by Crippen LogP contribution is -2.22. The topological polar surface area (TPSA) is 45.8 Å². The summed E-state index contributed by atoms with van der Waals surface area (Å²) >= 11 is 3.35. The summed E-state index contributed by atoms with van der Waals surface area (Å²) in [6, 6.07) is 6.17. The molecule has 1 aromatic carbocycles. The largest absolute Gasteiger partial charge is 0.306 e. The number of H-pyrrole nitrogens is 1. The third-order valence-corrected chi connectivity index (χ3v) is 3.80. The Kier molecular flexibility index (Phi) is 3.87. The molecule has 0 spiro atoms. The van der Waals surface area contributed by atoms with E-state index in [1.807, 2.05) is 46.8 Å². The monoisotopic (exact) mass is 334 g/mol. The molecule has 3 nitrogen and oxygen atoms in total. The number of nitrogens with one attached hydrogen (secondary N) is 1. The van der Waals surface area contributed by atoms with Crippen molar-refractivity contribution in [1.82, 2.24) is 9.97 Å². The predicted octanol–water partition coefficient (Wildman–Crippen LogP) is 4.11. The highest BCUT2D eigenvalue weighted by molar-refractivity contribution is 9.10. The van der Waals surface area contributed by atoms with E-state index in [1.165, 1.54) is 0 Å². The Balaban J connectivity index is 2.70. The summed E-state index contributed by atoms with van der Waals surface area (Å²) in [6.45, 7) is 10.2. The molecule has 0 bridgehead atoms. The van der Waals surface area contributed by atoms with Crippen LogP contribution in [0.25, 0.3) is 11.4 Å². The van der Waals surface area contributed by atoms with Gasteiger partial charge in [0, 0.05) is 11.0 Å². The van der Waals surface area contributed by atoms with Crippen LogP contribution in [0.5, 0.6) is 0 Å². The third-order valence-electron chi connectivity index (χ3n) is 3.07. The first-order valence-corrected chi connectivity index (χ1v) is 7.37. The van der Waals surface area contributed by atoms with E-state index < -0.39 is 0 Å². The zero-order chi connectivity index (χ0) is 15.1. The second-order valence-electron chi connectivity index (χ2n) is 6.20. The molecule has 2 aromatic rings. The van der Waals surface area contributed by atoms with Gasteiger partial charge in [0.05, 0.1) is 5.69 Å². The number of nitrogens with zero attached hydrogens (tertiary/aromatic N) is 1. The molecule has 0 aliphatic carbocycles. The lowest BCUT2D eigenvalue weighted by molar-refractivity contribution is 0.562. The van der Waals surface area contributed by atoms with Gasteiger partial charge in [0.15, 0.2) is 0 Å². The molecule has 0 amide bonds. The highest BCUT2D eigenvalue weighted by Crippen LogP contribution is 2.27. The lowest BCUT2D eigenvalue weighted by atomic mass is 9.92. The molecule has 106 valence electrons. The number of rotatable bonds is 1. The number of hydrogen-bond acceptors (Lipinski definition) is 2. The average molecular weight is 335 g/mol. The highest BCUT2D eigenvalue weighted by Gasteiger charge is 2.22. The summed E-state index contributed by atoms with van der Waals surface area (Å²) in [5.74, 6) is 0.620. The molecule has 0 saturated carbocycles. The summed E-state index contributed by atoms with van der Waals surface area (Å²) in [4.78, 5) is 19.6. The van der Waals surface area contributed by atoms with Gasteiger partial charge in [-0.15, -0.1) is 0 Å². The average Bonchev–Trinajstić information content (AvgIpc) is 2.29. The fraction of sp³-hybridized carbons (Fsp3) is 0.375. The van der Waals surface area contributed by atoms with Gasteiger partial charge in [0.2, 0.25) is 0 Å². The number of aromatic nitrogens is 2. The smallest absolute Gasteiger partial charge is 0.265 e. The van der Waals surface area contributed by atoms with E-state index >= 15 is 0 Å². The van der Waals surface area contributed by atoms with E-state index in [1.54, 1.807) is 0 Å². The van der Waals surface area contributed by atoms with Crippen molar-refractivity contribution in [2.75, 3.05) is 0 Å². The van der Waals surface area contributed by atoms with Crippen LogP contribution in [0.4, 0.5) is 0 Å². The maximum Gasteiger partial charge on any atom is 0.265 e. The first-order chi connectivity index (χ1) is 9.18. The van der Waals surface area contributed by atoms with Crippen LogP contribution in [-0.2, 0) is 5.41 Å². The fourth-order valence-corrected chi connectivity index (χ4v) is 2.99. The second kappa shape index (κ2) is 5.17. The van der Waals surface area contributed by atoms with E-state index in [9.17, 15) is 4.79 Å². The SMILES string of the molecule is Cc1cc(C)cc(-c2nc(C(C)(C)C)c(Br)c(=O)[nH]2)c1. The van der Waals surface area contributed by atoms with E-state index in [0.717, 1.165) is 22.4 Å². The summed E-state index contributed by atoms with van der Waals surface area (Å²) < 4.78 is 0.512. The fourth-order valence-electron chi connectivity index (χ4n) is 2.20. The second-order valence-corrected chi connectivity index (χ2v) is 7.00. The van der Waals surface area contributed by atoms with Crippen molar-refractivity contribution in [2.45, 2.75) is 40.0 Å². The molecule has 1 heterocycles. The Morgan fingerprint density at radius 3 is 2.15 bits per heavy atom. The van der Waals surface area contributed by atoms with Crippen molar-refractivity contribution in [3.05, 3.63) is 49.8 Å². The molecular formula is C16H19BrN2O. The third kappa shape index (κ3) is 3.01. The quantitative estimate of drug-likeness (QED) is 0.852. The Bertz CT molecular complexity index is 691. The summed E-state index contributed by atoms with van der Waals surface area (Å²) in [7, 11) is 0. The number of aromatic amines is 1. The van der Waals surface area contributed by atoms with Crippen LogP contribution in [0.3, 0.4) is 0 Å². The van der Waals surface area contributed by atoms with Gasteiger partial charge in [-0.3, -0.25) is 4.79 Å². The maximum atomic E-state index is 12.1. The van der Waals surface area contributed by atoms with Crippen molar-refractivity contribution >= 4 is 15.9 Å². The predicted molar refractivity (Wildman–Crippen MR) is 86.2 cm³/mol. The summed E-state index contributed by atoms with van der Waals surface area (Å²) in [5, 5.41) is 0. The van der Waals surface area contributed by atoms with Crippen LogP contribution in [-0.4, -0.2) is 9.97 Å². The summed E-state index contributed by atoms with van der Waals surface area (Å²) in [6.07, 6.45) is 0. The molecule has 0 unspecified atom stereocenters. The molecule has 0 fully saturated rings. The maximum absolute atomic E-state index is 12.1. The molecule has 0 aliphatic rings. The molecule has 1 N–H and O–H groups in total. The van der Waals surface area contributed by atoms with Gasteiger partial charge >= 0.3 is 0 Å². The number of aryl methyl sites for hydroxylation is 2. The van der Waals surface area contributed by atoms with Crippen molar-refractivity contribution < 1.29 is 0 Å². The molecule has 1 aromatic heterocycles. The van der Waals surface area contributed by atoms with E-state index in [4.69, 9.17) is 0 Å². The zero-order valence-corrected chi connectivity index (χ0v) is 14.1. The lowest BCUT2D eigenvalue weighted by Gasteiger charge is -2.19. The molecule has 0 aliphatic heterocycles. The molecule has 0 saturated heterocycles. The molecule has 20 heavy (non-hydrogen) atoms. The Morgan fingerprint density at radius 2 is 1.65 bits per heavy atom. The van der Waals surface area contributed by atoms with Gasteiger partial charge in [-0.25, -0.2) is 4.98 Å². The minimum Gasteiger partial charge on any atom is -0.306 e. The van der Waals surface area contributed by atoms with Crippen LogP contribution in [0, 0.1) is 13.8 Å². The van der Waals surface area contributed by atoms with Gasteiger partial charge in [-0.05, 0) is 41.9 Å². The number of benzene rings is 1. The van der Waals surface area contributed by atoms with Crippen molar-refractivity contribution in [1.29, 1.82) is 0 Å². The van der Waals surface area contributed by atoms with Gasteiger partial charge in [0.1, 0.15) is 10.3 Å². The molecule has 0 radical (unpaired) electrons. The summed E-state index contributed by atoms with van der Waals surface area (Å²) in [5.41, 5.74) is 3.69. The first-order valence-electron chi connectivity index (χ1n) is 6.57. The van der Waals surface area contributed by atoms with Gasteiger partial charge < -0.3 is 4.98 Å². The minimum atomic E-state index is -0.194. The van der Waals surface area contributed by atoms with Crippen LogP contribution >= 0.6 is 15.9 Å². The van der Waals surface area contributed by atoms with Crippen molar-refractivity contribution in [2.24, 2.45) is 0 Å². The van der Waals surface area contributed by atoms with Gasteiger partial charge in [0.25, 0.3) is 5.56 Å². The van der Waals surface area contributed by atoms with Crippen LogP contribution in [0.1, 0.15) is 37.6 Å². The Labute approximate surface area is 127 Å². The van der Waals surface area contributed by atoms with Crippen molar-refractivity contribution in [3.63, 3.8) is 0 Å². The number of halogens is 1. The zero-order valence-electron chi connectivity index (χ0n) is 12.5. The van der Waals surface area contributed by atoms with Crippen LogP contribution < -0.4 is 5.56 Å².